The third kappa shape index (κ3) is 6.22. The van der Waals surface area contributed by atoms with E-state index in [0.717, 1.165) is 24.3 Å². The van der Waals surface area contributed by atoms with Crippen molar-refractivity contribution >= 4 is 29.1 Å². The highest BCUT2D eigenvalue weighted by molar-refractivity contribution is 6.02. The Kier molecular flexibility index (Phi) is 7.38. The predicted octanol–water partition coefficient (Wildman–Crippen LogP) is 5.78. The van der Waals surface area contributed by atoms with Gasteiger partial charge in [0.15, 0.2) is 0 Å². The van der Waals surface area contributed by atoms with Crippen molar-refractivity contribution in [3.05, 3.63) is 53.8 Å². The Morgan fingerprint density at radius 3 is 2.19 bits per heavy atom. The van der Waals surface area contributed by atoms with Gasteiger partial charge < -0.3 is 20.6 Å². The number of carboxylic acids is 1. The fraction of sp³-hybridized carbons (Fsp3) is 0.440. The molecule has 1 saturated carbocycles. The number of amides is 2. The second-order valence-electron chi connectivity index (χ2n) is 9.34. The van der Waals surface area contributed by atoms with Gasteiger partial charge in [-0.1, -0.05) is 33.8 Å². The highest BCUT2D eigenvalue weighted by atomic mass is 19.1. The van der Waals surface area contributed by atoms with Gasteiger partial charge in [0.2, 0.25) is 0 Å². The van der Waals surface area contributed by atoms with E-state index in [1.165, 1.54) is 24.3 Å². The van der Waals surface area contributed by atoms with E-state index in [1.54, 1.807) is 0 Å². The molecular formula is C25H32FN3O3. The van der Waals surface area contributed by atoms with Crippen LogP contribution >= 0.6 is 0 Å². The summed E-state index contributed by atoms with van der Waals surface area (Å²) in [6, 6.07) is 11.0. The van der Waals surface area contributed by atoms with Gasteiger partial charge in [0.05, 0.1) is 17.3 Å². The van der Waals surface area contributed by atoms with E-state index in [1.807, 2.05) is 18.2 Å². The van der Waals surface area contributed by atoms with Crippen molar-refractivity contribution in [3.63, 3.8) is 0 Å². The molecule has 1 aliphatic rings. The first-order chi connectivity index (χ1) is 15.1. The van der Waals surface area contributed by atoms with Crippen molar-refractivity contribution in [2.24, 2.45) is 17.8 Å². The predicted molar refractivity (Wildman–Crippen MR) is 126 cm³/mol. The van der Waals surface area contributed by atoms with Crippen LogP contribution in [-0.4, -0.2) is 30.2 Å². The fourth-order valence-corrected chi connectivity index (χ4v) is 3.97. The van der Waals surface area contributed by atoms with E-state index < -0.39 is 12.0 Å². The van der Waals surface area contributed by atoms with E-state index in [2.05, 4.69) is 43.2 Å². The smallest absolute Gasteiger partial charge is 0.323 e. The Hall–Kier alpha value is -3.09. The molecular weight excluding hydrogens is 409 g/mol. The number of hydrogen-bond donors (Lipinski definition) is 3. The topological polar surface area (TPSA) is 81.7 Å². The average Bonchev–Trinajstić information content (AvgIpc) is 3.50. The molecule has 172 valence electrons. The maximum Gasteiger partial charge on any atom is 0.323 e. The summed E-state index contributed by atoms with van der Waals surface area (Å²) < 4.78 is 13.2. The van der Waals surface area contributed by atoms with Gasteiger partial charge in [-0.25, -0.2) is 9.18 Å². The lowest BCUT2D eigenvalue weighted by molar-refractivity contribution is -0.138. The molecule has 1 aliphatic carbocycles. The molecule has 0 spiro atoms. The molecule has 0 saturated heterocycles. The molecule has 0 aliphatic heterocycles. The SMILES string of the molecule is CC(C)CN(CC(C)C)c1ccc(C2CC2C(=O)O)cc1NC(=O)Nc1ccc(F)cc1. The Morgan fingerprint density at radius 1 is 1.03 bits per heavy atom. The second kappa shape index (κ2) is 10.0. The number of rotatable bonds is 9. The lowest BCUT2D eigenvalue weighted by Crippen LogP contribution is -2.32. The summed E-state index contributed by atoms with van der Waals surface area (Å²) in [5.41, 5.74) is 2.93. The van der Waals surface area contributed by atoms with Gasteiger partial charge in [0, 0.05) is 18.8 Å². The van der Waals surface area contributed by atoms with Crippen LogP contribution in [0.1, 0.15) is 45.6 Å². The molecule has 0 heterocycles. The summed E-state index contributed by atoms with van der Waals surface area (Å²) >= 11 is 0. The highest BCUT2D eigenvalue weighted by Gasteiger charge is 2.44. The highest BCUT2D eigenvalue weighted by Crippen LogP contribution is 2.49. The van der Waals surface area contributed by atoms with E-state index in [0.29, 0.717) is 29.6 Å². The molecule has 7 heteroatoms. The number of halogens is 1. The van der Waals surface area contributed by atoms with Crippen molar-refractivity contribution in [2.75, 3.05) is 28.6 Å². The van der Waals surface area contributed by atoms with Gasteiger partial charge in [-0.3, -0.25) is 4.79 Å². The Labute approximate surface area is 188 Å². The molecule has 2 amide bonds. The summed E-state index contributed by atoms with van der Waals surface area (Å²) in [4.78, 5) is 26.3. The first-order valence-electron chi connectivity index (χ1n) is 11.1. The largest absolute Gasteiger partial charge is 0.481 e. The minimum Gasteiger partial charge on any atom is -0.481 e. The van der Waals surface area contributed by atoms with Crippen LogP contribution in [0.25, 0.3) is 0 Å². The number of nitrogens with zero attached hydrogens (tertiary/aromatic N) is 1. The van der Waals surface area contributed by atoms with Gasteiger partial charge in [0.1, 0.15) is 5.82 Å². The van der Waals surface area contributed by atoms with Crippen LogP contribution in [0.15, 0.2) is 42.5 Å². The molecule has 3 N–H and O–H groups in total. The minimum atomic E-state index is -0.788. The first kappa shape index (κ1) is 23.6. The zero-order valence-corrected chi connectivity index (χ0v) is 19.1. The molecule has 2 unspecified atom stereocenters. The van der Waals surface area contributed by atoms with Crippen LogP contribution in [0, 0.1) is 23.6 Å². The third-order valence-corrected chi connectivity index (χ3v) is 5.42. The minimum absolute atomic E-state index is 0.0362. The van der Waals surface area contributed by atoms with E-state index >= 15 is 0 Å². The summed E-state index contributed by atoms with van der Waals surface area (Å²) in [7, 11) is 0. The van der Waals surface area contributed by atoms with Crippen LogP contribution in [0.4, 0.5) is 26.2 Å². The van der Waals surface area contributed by atoms with Crippen LogP contribution in [0.3, 0.4) is 0 Å². The number of carboxylic acid groups (broad SMARTS) is 1. The van der Waals surface area contributed by atoms with Crippen molar-refractivity contribution in [1.29, 1.82) is 0 Å². The number of urea groups is 1. The lowest BCUT2D eigenvalue weighted by atomic mass is 10.0. The van der Waals surface area contributed by atoms with Crippen LogP contribution in [-0.2, 0) is 4.79 Å². The van der Waals surface area contributed by atoms with Gasteiger partial charge >= 0.3 is 12.0 Å². The van der Waals surface area contributed by atoms with Crippen molar-refractivity contribution in [2.45, 2.75) is 40.0 Å². The maximum atomic E-state index is 13.2. The van der Waals surface area contributed by atoms with Gasteiger partial charge in [-0.2, -0.15) is 0 Å². The molecule has 2 aromatic carbocycles. The zero-order valence-electron chi connectivity index (χ0n) is 19.1. The van der Waals surface area contributed by atoms with Gasteiger partial charge in [-0.05, 0) is 66.1 Å². The van der Waals surface area contributed by atoms with Crippen LogP contribution in [0.2, 0.25) is 0 Å². The molecule has 2 atom stereocenters. The summed E-state index contributed by atoms with van der Waals surface area (Å²) in [5, 5.41) is 15.0. The normalized spacial score (nSPS) is 17.3. The van der Waals surface area contributed by atoms with Crippen molar-refractivity contribution < 1.29 is 19.1 Å². The molecule has 32 heavy (non-hydrogen) atoms. The second-order valence-corrected chi connectivity index (χ2v) is 9.34. The number of anilines is 3. The molecule has 0 radical (unpaired) electrons. The number of benzene rings is 2. The van der Waals surface area contributed by atoms with E-state index in [4.69, 9.17) is 0 Å². The summed E-state index contributed by atoms with van der Waals surface area (Å²) in [6.07, 6.45) is 0.609. The van der Waals surface area contributed by atoms with Crippen LogP contribution in [0.5, 0.6) is 0 Å². The number of carbonyl (C=O) groups excluding carboxylic acids is 1. The Balaban J connectivity index is 1.88. The van der Waals surface area contributed by atoms with Gasteiger partial charge in [-0.15, -0.1) is 0 Å². The monoisotopic (exact) mass is 441 g/mol. The fourth-order valence-electron chi connectivity index (χ4n) is 3.97. The molecule has 1 fully saturated rings. The standard InChI is InChI=1S/C25H32FN3O3/c1-15(2)13-29(14-16(3)4)23-10-5-17(20-12-21(20)24(30)31)11-22(23)28-25(32)27-19-8-6-18(26)7-9-19/h5-11,15-16,20-21H,12-14H2,1-4H3,(H,30,31)(H2,27,28,32). The molecule has 0 bridgehead atoms. The number of aliphatic carboxylic acids is 1. The number of hydrogen-bond acceptors (Lipinski definition) is 3. The summed E-state index contributed by atoms with van der Waals surface area (Å²) in [6.45, 7) is 10.3. The molecule has 2 aromatic rings. The third-order valence-electron chi connectivity index (χ3n) is 5.42. The number of carbonyl (C=O) groups is 2. The molecule has 6 nitrogen and oxygen atoms in total. The van der Waals surface area contributed by atoms with Crippen molar-refractivity contribution in [3.8, 4) is 0 Å². The van der Waals surface area contributed by atoms with Crippen molar-refractivity contribution in [1.82, 2.24) is 0 Å². The lowest BCUT2D eigenvalue weighted by Gasteiger charge is -2.30. The molecule has 3 rings (SSSR count). The quantitative estimate of drug-likeness (QED) is 0.461. The van der Waals surface area contributed by atoms with E-state index in [-0.39, 0.29) is 17.7 Å². The summed E-state index contributed by atoms with van der Waals surface area (Å²) in [5.74, 6) is -0.719. The molecule has 0 aromatic heterocycles. The Bertz CT molecular complexity index is 949. The van der Waals surface area contributed by atoms with Crippen LogP contribution < -0.4 is 15.5 Å². The average molecular weight is 442 g/mol. The first-order valence-corrected chi connectivity index (χ1v) is 11.1. The maximum absolute atomic E-state index is 13.2. The van der Waals surface area contributed by atoms with E-state index in [9.17, 15) is 19.1 Å². The van der Waals surface area contributed by atoms with Gasteiger partial charge in [0.25, 0.3) is 0 Å². The zero-order chi connectivity index (χ0) is 23.4. The Morgan fingerprint density at radius 2 is 1.66 bits per heavy atom. The number of nitrogens with one attached hydrogen (secondary N) is 2.